The zero-order chi connectivity index (χ0) is 14.7. The number of nitrogens with zero attached hydrogens (tertiary/aromatic N) is 2. The summed E-state index contributed by atoms with van der Waals surface area (Å²) < 4.78 is 1.96. The van der Waals surface area contributed by atoms with Gasteiger partial charge in [-0.05, 0) is 42.6 Å². The second kappa shape index (κ2) is 6.72. The maximum absolute atomic E-state index is 12.1. The van der Waals surface area contributed by atoms with Crippen molar-refractivity contribution in [2.45, 2.75) is 51.7 Å². The summed E-state index contributed by atoms with van der Waals surface area (Å²) in [5, 5.41) is 17.4. The number of anilines is 1. The minimum atomic E-state index is -0.237. The summed E-state index contributed by atoms with van der Waals surface area (Å²) in [6.45, 7) is 4.52. The normalized spacial score (nSPS) is 23.1. The van der Waals surface area contributed by atoms with Crippen molar-refractivity contribution in [2.75, 3.05) is 11.9 Å². The Morgan fingerprint density at radius 1 is 1.50 bits per heavy atom. The number of nitrogens with one attached hydrogen (secondary N) is 1. The van der Waals surface area contributed by atoms with Crippen LogP contribution in [-0.4, -0.2) is 27.5 Å². The highest BCUT2D eigenvalue weighted by Crippen LogP contribution is 2.25. The van der Waals surface area contributed by atoms with E-state index in [0.29, 0.717) is 16.7 Å². The van der Waals surface area contributed by atoms with E-state index in [2.05, 4.69) is 26.3 Å². The van der Waals surface area contributed by atoms with E-state index in [1.54, 1.807) is 6.20 Å². The largest absolute Gasteiger partial charge is 0.393 e. The molecule has 1 aromatic heterocycles. The van der Waals surface area contributed by atoms with Gasteiger partial charge in [0, 0.05) is 12.5 Å². The molecule has 2 atom stereocenters. The first-order valence-electron chi connectivity index (χ1n) is 7.20. The molecule has 2 unspecified atom stereocenters. The second-order valence-corrected chi connectivity index (χ2v) is 6.50. The summed E-state index contributed by atoms with van der Waals surface area (Å²) in [5.41, 5.74) is 0.568. The molecule has 0 aliphatic heterocycles. The second-order valence-electron chi connectivity index (χ2n) is 5.71. The molecule has 2 N–H and O–H groups in total. The number of rotatable bonds is 4. The fourth-order valence-electron chi connectivity index (χ4n) is 2.60. The number of hydrogen-bond donors (Lipinski definition) is 2. The first-order valence-corrected chi connectivity index (χ1v) is 7.99. The maximum Gasteiger partial charge on any atom is 0.283 e. The lowest BCUT2D eigenvalue weighted by Gasteiger charge is -2.28. The number of hydrogen-bond acceptors (Lipinski definition) is 4. The molecule has 0 radical (unpaired) electrons. The van der Waals surface area contributed by atoms with Crippen LogP contribution in [0.25, 0.3) is 0 Å². The minimum absolute atomic E-state index is 0.0352. The molecule has 0 bridgehead atoms. The van der Waals surface area contributed by atoms with Crippen LogP contribution in [0.15, 0.2) is 15.5 Å². The van der Waals surface area contributed by atoms with Crippen molar-refractivity contribution in [3.8, 4) is 0 Å². The van der Waals surface area contributed by atoms with Crippen molar-refractivity contribution in [2.24, 2.45) is 5.92 Å². The third-order valence-electron chi connectivity index (χ3n) is 3.86. The Morgan fingerprint density at radius 3 is 2.85 bits per heavy atom. The Morgan fingerprint density at radius 2 is 2.20 bits per heavy atom. The van der Waals surface area contributed by atoms with Crippen molar-refractivity contribution in [1.29, 1.82) is 0 Å². The molecular formula is C14H22BrN3O2. The summed E-state index contributed by atoms with van der Waals surface area (Å²) in [7, 11) is 0. The zero-order valence-electron chi connectivity index (χ0n) is 12.0. The van der Waals surface area contributed by atoms with Crippen molar-refractivity contribution in [3.05, 3.63) is 21.0 Å². The Kier molecular flexibility index (Phi) is 5.21. The van der Waals surface area contributed by atoms with E-state index in [-0.39, 0.29) is 23.6 Å². The van der Waals surface area contributed by atoms with E-state index in [1.807, 2.05) is 13.8 Å². The molecule has 112 valence electrons. The fourth-order valence-corrected chi connectivity index (χ4v) is 3.03. The molecule has 20 heavy (non-hydrogen) atoms. The van der Waals surface area contributed by atoms with Crippen molar-refractivity contribution in [3.63, 3.8) is 0 Å². The third kappa shape index (κ3) is 3.41. The lowest BCUT2D eigenvalue weighted by Crippen LogP contribution is -2.31. The lowest BCUT2D eigenvalue weighted by molar-refractivity contribution is 0.0763. The van der Waals surface area contributed by atoms with Crippen molar-refractivity contribution in [1.82, 2.24) is 9.78 Å². The van der Waals surface area contributed by atoms with Gasteiger partial charge in [0.1, 0.15) is 4.47 Å². The molecule has 0 amide bonds. The summed E-state index contributed by atoms with van der Waals surface area (Å²) in [5.74, 6) is 0.253. The fraction of sp³-hybridized carbons (Fsp3) is 0.714. The van der Waals surface area contributed by atoms with Crippen LogP contribution < -0.4 is 10.9 Å². The van der Waals surface area contributed by atoms with Gasteiger partial charge >= 0.3 is 0 Å². The molecule has 5 nitrogen and oxygen atoms in total. The van der Waals surface area contributed by atoms with Gasteiger partial charge in [-0.1, -0.05) is 12.8 Å². The summed E-state index contributed by atoms with van der Waals surface area (Å²) in [6.07, 6.45) is 5.61. The Labute approximate surface area is 127 Å². The zero-order valence-corrected chi connectivity index (χ0v) is 13.6. The van der Waals surface area contributed by atoms with Crippen LogP contribution in [0.5, 0.6) is 0 Å². The van der Waals surface area contributed by atoms with Crippen LogP contribution in [0.4, 0.5) is 5.69 Å². The molecule has 1 fully saturated rings. The third-order valence-corrected chi connectivity index (χ3v) is 4.62. The number of aliphatic hydroxyl groups excluding tert-OH is 1. The molecule has 1 heterocycles. The van der Waals surface area contributed by atoms with Gasteiger partial charge in [0.2, 0.25) is 0 Å². The van der Waals surface area contributed by atoms with Gasteiger partial charge in [0.15, 0.2) is 0 Å². The van der Waals surface area contributed by atoms with Crippen molar-refractivity contribution >= 4 is 21.6 Å². The standard InChI is InChI=1S/C14H22BrN3O2/c1-9(2)18-14(20)13(15)11(8-17-18)16-7-10-5-3-4-6-12(10)19/h8-10,12,16,19H,3-7H2,1-2H3. The smallest absolute Gasteiger partial charge is 0.283 e. The van der Waals surface area contributed by atoms with E-state index >= 15 is 0 Å². The van der Waals surface area contributed by atoms with E-state index in [9.17, 15) is 9.90 Å². The average molecular weight is 344 g/mol. The minimum Gasteiger partial charge on any atom is -0.393 e. The summed E-state index contributed by atoms with van der Waals surface area (Å²) in [4.78, 5) is 12.1. The van der Waals surface area contributed by atoms with Crippen LogP contribution in [0.1, 0.15) is 45.6 Å². The number of aromatic nitrogens is 2. The van der Waals surface area contributed by atoms with Crippen LogP contribution in [0.3, 0.4) is 0 Å². The van der Waals surface area contributed by atoms with Crippen LogP contribution in [0.2, 0.25) is 0 Å². The quantitative estimate of drug-likeness (QED) is 0.881. The maximum atomic E-state index is 12.1. The number of halogens is 1. The highest BCUT2D eigenvalue weighted by atomic mass is 79.9. The van der Waals surface area contributed by atoms with Gasteiger partial charge in [0.25, 0.3) is 5.56 Å². The molecule has 6 heteroatoms. The van der Waals surface area contributed by atoms with Gasteiger partial charge in [-0.15, -0.1) is 0 Å². The highest BCUT2D eigenvalue weighted by Gasteiger charge is 2.23. The summed E-state index contributed by atoms with van der Waals surface area (Å²) >= 11 is 3.34. The molecule has 1 aromatic rings. The molecule has 0 spiro atoms. The average Bonchev–Trinajstić information content (AvgIpc) is 2.41. The van der Waals surface area contributed by atoms with Gasteiger partial charge in [0.05, 0.1) is 24.0 Å². The monoisotopic (exact) mass is 343 g/mol. The SMILES string of the molecule is CC(C)n1ncc(NCC2CCCCC2O)c(Br)c1=O. The predicted octanol–water partition coefficient (Wildman–Crippen LogP) is 2.55. The van der Waals surface area contributed by atoms with E-state index in [1.165, 1.54) is 4.68 Å². The Hall–Kier alpha value is -0.880. The van der Waals surface area contributed by atoms with Gasteiger partial charge in [-0.25, -0.2) is 4.68 Å². The molecule has 1 aliphatic carbocycles. The predicted molar refractivity (Wildman–Crippen MR) is 83.0 cm³/mol. The molecule has 2 rings (SSSR count). The van der Waals surface area contributed by atoms with Gasteiger partial charge < -0.3 is 10.4 Å². The first-order chi connectivity index (χ1) is 9.50. The highest BCUT2D eigenvalue weighted by molar-refractivity contribution is 9.10. The van der Waals surface area contributed by atoms with Crippen molar-refractivity contribution < 1.29 is 5.11 Å². The van der Waals surface area contributed by atoms with E-state index in [4.69, 9.17) is 0 Å². The molecule has 1 saturated carbocycles. The first kappa shape index (κ1) is 15.5. The topological polar surface area (TPSA) is 67.2 Å². The molecule has 0 saturated heterocycles. The summed E-state index contributed by atoms with van der Waals surface area (Å²) in [6, 6.07) is 0.0352. The Balaban J connectivity index is 2.06. The van der Waals surface area contributed by atoms with Crippen LogP contribution in [0, 0.1) is 5.92 Å². The molecular weight excluding hydrogens is 322 g/mol. The van der Waals surface area contributed by atoms with Gasteiger partial charge in [-0.2, -0.15) is 5.10 Å². The van der Waals surface area contributed by atoms with Crippen LogP contribution in [-0.2, 0) is 0 Å². The Bertz CT molecular complexity index is 516. The van der Waals surface area contributed by atoms with E-state index < -0.39 is 0 Å². The molecule has 0 aromatic carbocycles. The van der Waals surface area contributed by atoms with Gasteiger partial charge in [-0.3, -0.25) is 4.79 Å². The van der Waals surface area contributed by atoms with E-state index in [0.717, 1.165) is 25.7 Å². The number of aliphatic hydroxyl groups is 1. The lowest BCUT2D eigenvalue weighted by atomic mass is 9.86. The van der Waals surface area contributed by atoms with Crippen LogP contribution >= 0.6 is 15.9 Å². The molecule has 1 aliphatic rings.